The van der Waals surface area contributed by atoms with Crippen molar-refractivity contribution in [3.05, 3.63) is 17.8 Å². The second kappa shape index (κ2) is 4.83. The highest BCUT2D eigenvalue weighted by Gasteiger charge is 2.37. The molecule has 9 heteroatoms. The Labute approximate surface area is 117 Å². The van der Waals surface area contributed by atoms with Crippen LogP contribution in [-0.2, 0) is 12.0 Å². The van der Waals surface area contributed by atoms with Gasteiger partial charge in [-0.1, -0.05) is 5.16 Å². The summed E-state index contributed by atoms with van der Waals surface area (Å²) in [6.45, 7) is 0. The Balaban J connectivity index is 1.71. The van der Waals surface area contributed by atoms with Crippen molar-refractivity contribution in [2.24, 2.45) is 5.73 Å². The van der Waals surface area contributed by atoms with Crippen LogP contribution in [0.4, 0.5) is 13.2 Å². The van der Waals surface area contributed by atoms with E-state index in [0.717, 1.165) is 19.3 Å². The Bertz CT molecular complexity index is 629. The standard InChI is InChI=1S/C12H14F3N5O/c13-12(14,15)5-2-8-19-9(21-20-8)7-6-17-10(18-7)11(16)3-1-4-11/h6H,1-5,16H2,(H,17,18). The summed E-state index contributed by atoms with van der Waals surface area (Å²) >= 11 is 0. The molecule has 1 aliphatic carbocycles. The maximum atomic E-state index is 12.1. The third kappa shape index (κ3) is 2.92. The second-order valence-corrected chi connectivity index (χ2v) is 5.29. The molecule has 2 heterocycles. The fraction of sp³-hybridized carbons (Fsp3) is 0.583. The zero-order valence-electron chi connectivity index (χ0n) is 11.1. The molecule has 3 N–H and O–H groups in total. The number of halogens is 3. The van der Waals surface area contributed by atoms with Gasteiger partial charge in [0.15, 0.2) is 5.82 Å². The number of nitrogens with two attached hydrogens (primary N) is 1. The van der Waals surface area contributed by atoms with Crippen LogP contribution in [0.5, 0.6) is 0 Å². The van der Waals surface area contributed by atoms with Crippen molar-refractivity contribution in [2.75, 3.05) is 0 Å². The van der Waals surface area contributed by atoms with E-state index in [1.54, 1.807) is 0 Å². The molecule has 1 fully saturated rings. The summed E-state index contributed by atoms with van der Waals surface area (Å²) in [6.07, 6.45) is -1.28. The smallest absolute Gasteiger partial charge is 0.336 e. The number of hydrogen-bond donors (Lipinski definition) is 2. The highest BCUT2D eigenvalue weighted by atomic mass is 19.4. The van der Waals surface area contributed by atoms with Gasteiger partial charge in [-0.15, -0.1) is 0 Å². The lowest BCUT2D eigenvalue weighted by atomic mass is 9.77. The lowest BCUT2D eigenvalue weighted by Gasteiger charge is -2.35. The Hall–Kier alpha value is -1.90. The van der Waals surface area contributed by atoms with Gasteiger partial charge >= 0.3 is 6.18 Å². The highest BCUT2D eigenvalue weighted by molar-refractivity contribution is 5.45. The minimum atomic E-state index is -4.24. The quantitative estimate of drug-likeness (QED) is 0.903. The Morgan fingerprint density at radius 3 is 2.76 bits per heavy atom. The van der Waals surface area contributed by atoms with Crippen LogP contribution < -0.4 is 5.73 Å². The Morgan fingerprint density at radius 2 is 2.14 bits per heavy atom. The van der Waals surface area contributed by atoms with Crippen LogP contribution >= 0.6 is 0 Å². The molecule has 0 saturated heterocycles. The number of imidazole rings is 1. The van der Waals surface area contributed by atoms with Gasteiger partial charge in [0.2, 0.25) is 0 Å². The fourth-order valence-electron chi connectivity index (χ4n) is 2.20. The molecular formula is C12H14F3N5O. The molecule has 1 aliphatic rings. The number of rotatable bonds is 4. The first-order chi connectivity index (χ1) is 9.86. The lowest BCUT2D eigenvalue weighted by Crippen LogP contribution is -2.44. The zero-order chi connectivity index (χ0) is 15.1. The van der Waals surface area contributed by atoms with E-state index < -0.39 is 18.1 Å². The van der Waals surface area contributed by atoms with Crippen LogP contribution in [0.15, 0.2) is 10.7 Å². The average Bonchev–Trinajstić information content (AvgIpc) is 3.01. The summed E-state index contributed by atoms with van der Waals surface area (Å²) in [5, 5.41) is 3.54. The third-order valence-electron chi connectivity index (χ3n) is 3.62. The Kier molecular flexibility index (Phi) is 3.23. The van der Waals surface area contributed by atoms with Crippen LogP contribution in [0.1, 0.15) is 37.3 Å². The van der Waals surface area contributed by atoms with Crippen molar-refractivity contribution < 1.29 is 17.7 Å². The first kappa shape index (κ1) is 14.1. The van der Waals surface area contributed by atoms with E-state index in [4.69, 9.17) is 10.3 Å². The van der Waals surface area contributed by atoms with Crippen LogP contribution in [0, 0.1) is 0 Å². The van der Waals surface area contributed by atoms with Gasteiger partial charge in [0, 0.05) is 6.42 Å². The number of alkyl halides is 3. The molecule has 1 saturated carbocycles. The molecule has 0 aromatic carbocycles. The molecule has 0 spiro atoms. The highest BCUT2D eigenvalue weighted by Crippen LogP contribution is 2.37. The number of nitrogens with one attached hydrogen (secondary N) is 1. The van der Waals surface area contributed by atoms with E-state index in [-0.39, 0.29) is 18.1 Å². The van der Waals surface area contributed by atoms with Crippen molar-refractivity contribution >= 4 is 0 Å². The molecule has 6 nitrogen and oxygen atoms in total. The van der Waals surface area contributed by atoms with E-state index in [2.05, 4.69) is 20.1 Å². The molecule has 0 aliphatic heterocycles. The molecule has 0 atom stereocenters. The van der Waals surface area contributed by atoms with Gasteiger partial charge < -0.3 is 15.2 Å². The average molecular weight is 301 g/mol. The summed E-state index contributed by atoms with van der Waals surface area (Å²) < 4.78 is 41.4. The first-order valence-corrected chi connectivity index (χ1v) is 6.60. The van der Waals surface area contributed by atoms with Crippen molar-refractivity contribution in [1.29, 1.82) is 0 Å². The molecular weight excluding hydrogens is 287 g/mol. The van der Waals surface area contributed by atoms with Gasteiger partial charge in [0.25, 0.3) is 5.89 Å². The van der Waals surface area contributed by atoms with Crippen LogP contribution in [0.3, 0.4) is 0 Å². The van der Waals surface area contributed by atoms with E-state index in [9.17, 15) is 13.2 Å². The predicted molar refractivity (Wildman–Crippen MR) is 66.0 cm³/mol. The van der Waals surface area contributed by atoms with Gasteiger partial charge in [0.05, 0.1) is 18.2 Å². The normalized spacial score (nSPS) is 17.7. The minimum absolute atomic E-state index is 0.0181. The van der Waals surface area contributed by atoms with Crippen LogP contribution in [0.2, 0.25) is 0 Å². The monoisotopic (exact) mass is 301 g/mol. The van der Waals surface area contributed by atoms with Crippen LogP contribution in [0.25, 0.3) is 11.6 Å². The Morgan fingerprint density at radius 1 is 1.38 bits per heavy atom. The maximum absolute atomic E-state index is 12.1. The number of aryl methyl sites for hydroxylation is 1. The van der Waals surface area contributed by atoms with Crippen molar-refractivity contribution in [2.45, 2.75) is 43.8 Å². The predicted octanol–water partition coefficient (Wildman–Crippen LogP) is 2.29. The van der Waals surface area contributed by atoms with E-state index in [1.807, 2.05) is 0 Å². The molecule has 0 unspecified atom stereocenters. The van der Waals surface area contributed by atoms with Gasteiger partial charge in [-0.05, 0) is 19.3 Å². The minimum Gasteiger partial charge on any atom is -0.336 e. The van der Waals surface area contributed by atoms with Crippen molar-refractivity contribution in [1.82, 2.24) is 20.1 Å². The fourth-order valence-corrected chi connectivity index (χ4v) is 2.20. The number of aromatic nitrogens is 4. The van der Waals surface area contributed by atoms with Crippen molar-refractivity contribution in [3.8, 4) is 11.6 Å². The SMILES string of the molecule is NC1(c2ncc(-c3nc(CCC(F)(F)F)no3)[nH]2)CCC1. The molecule has 2 aromatic rings. The summed E-state index contributed by atoms with van der Waals surface area (Å²) in [6, 6.07) is 0. The van der Waals surface area contributed by atoms with E-state index in [0.29, 0.717) is 11.5 Å². The molecule has 114 valence electrons. The summed E-state index contributed by atoms with van der Waals surface area (Å²) in [5.41, 5.74) is 6.15. The first-order valence-electron chi connectivity index (χ1n) is 6.60. The molecule has 0 amide bonds. The lowest BCUT2D eigenvalue weighted by molar-refractivity contribution is -0.134. The van der Waals surface area contributed by atoms with Gasteiger partial charge in [-0.2, -0.15) is 18.2 Å². The molecule has 0 radical (unpaired) electrons. The summed E-state index contributed by atoms with van der Waals surface area (Å²) in [4.78, 5) is 11.1. The number of aromatic amines is 1. The van der Waals surface area contributed by atoms with E-state index >= 15 is 0 Å². The number of hydrogen-bond acceptors (Lipinski definition) is 5. The topological polar surface area (TPSA) is 93.6 Å². The second-order valence-electron chi connectivity index (χ2n) is 5.29. The van der Waals surface area contributed by atoms with Gasteiger partial charge in [0.1, 0.15) is 11.5 Å². The van der Waals surface area contributed by atoms with Gasteiger partial charge in [-0.25, -0.2) is 4.98 Å². The van der Waals surface area contributed by atoms with Gasteiger partial charge in [-0.3, -0.25) is 0 Å². The zero-order valence-corrected chi connectivity index (χ0v) is 11.1. The number of H-pyrrole nitrogens is 1. The largest absolute Gasteiger partial charge is 0.389 e. The maximum Gasteiger partial charge on any atom is 0.389 e. The molecule has 0 bridgehead atoms. The summed E-state index contributed by atoms with van der Waals surface area (Å²) in [5.74, 6) is 0.775. The molecule has 21 heavy (non-hydrogen) atoms. The van der Waals surface area contributed by atoms with E-state index in [1.165, 1.54) is 6.20 Å². The molecule has 3 rings (SSSR count). The van der Waals surface area contributed by atoms with Crippen LogP contribution in [-0.4, -0.2) is 26.3 Å². The summed E-state index contributed by atoms with van der Waals surface area (Å²) in [7, 11) is 0. The third-order valence-corrected chi connectivity index (χ3v) is 3.62. The number of nitrogens with zero attached hydrogens (tertiary/aromatic N) is 3. The molecule has 2 aromatic heterocycles. The van der Waals surface area contributed by atoms with Crippen molar-refractivity contribution in [3.63, 3.8) is 0 Å².